The van der Waals surface area contributed by atoms with E-state index >= 15 is 0 Å². The maximum atomic E-state index is 13.3. The van der Waals surface area contributed by atoms with Crippen LogP contribution in [0.3, 0.4) is 0 Å². The van der Waals surface area contributed by atoms with Gasteiger partial charge in [0.1, 0.15) is 5.82 Å². The summed E-state index contributed by atoms with van der Waals surface area (Å²) >= 11 is 0. The van der Waals surface area contributed by atoms with Gasteiger partial charge in [-0.05, 0) is 29.8 Å². The molecule has 2 N–H and O–H groups in total. The van der Waals surface area contributed by atoms with Crippen molar-refractivity contribution in [2.45, 2.75) is 6.54 Å². The predicted octanol–water partition coefficient (Wildman–Crippen LogP) is 2.08. The number of nitrogens with two attached hydrogens (primary N) is 1. The van der Waals surface area contributed by atoms with Crippen molar-refractivity contribution in [3.63, 3.8) is 0 Å². The van der Waals surface area contributed by atoms with E-state index in [9.17, 15) is 9.18 Å². The first-order valence-electron chi connectivity index (χ1n) is 5.77. The van der Waals surface area contributed by atoms with E-state index in [0.29, 0.717) is 6.54 Å². The number of pyridine rings is 1. The molecule has 0 saturated carbocycles. The summed E-state index contributed by atoms with van der Waals surface area (Å²) in [4.78, 5) is 17.6. The van der Waals surface area contributed by atoms with Crippen molar-refractivity contribution >= 4 is 11.6 Å². The first-order chi connectivity index (χ1) is 9.08. The fourth-order valence-corrected chi connectivity index (χ4v) is 1.72. The molecule has 0 aliphatic rings. The quantitative estimate of drug-likeness (QED) is 0.858. The molecule has 4 nitrogen and oxygen atoms in total. The van der Waals surface area contributed by atoms with Gasteiger partial charge in [-0.25, -0.2) is 4.39 Å². The summed E-state index contributed by atoms with van der Waals surface area (Å²) in [5.41, 5.74) is 6.60. The molecule has 0 unspecified atom stereocenters. The van der Waals surface area contributed by atoms with Crippen LogP contribution in [0.1, 0.15) is 15.9 Å². The fraction of sp³-hybridized carbons (Fsp3) is 0.143. The second kappa shape index (κ2) is 5.48. The lowest BCUT2D eigenvalue weighted by molar-refractivity contribution is 0.0784. The SMILES string of the molecule is CN(Cc1cccnc1)C(=O)c1ccc(N)c(F)c1. The first kappa shape index (κ1) is 13.0. The third kappa shape index (κ3) is 3.07. The standard InChI is InChI=1S/C14H14FN3O/c1-18(9-10-3-2-6-17-8-10)14(19)11-4-5-13(16)12(15)7-11/h2-8H,9,16H2,1H3. The highest BCUT2D eigenvalue weighted by Gasteiger charge is 2.13. The predicted molar refractivity (Wildman–Crippen MR) is 70.8 cm³/mol. The molecule has 0 aliphatic carbocycles. The second-order valence-electron chi connectivity index (χ2n) is 4.26. The van der Waals surface area contributed by atoms with Crippen molar-refractivity contribution in [2.24, 2.45) is 0 Å². The third-order valence-electron chi connectivity index (χ3n) is 2.74. The Bertz CT molecular complexity index is 586. The van der Waals surface area contributed by atoms with Crippen molar-refractivity contribution in [2.75, 3.05) is 12.8 Å². The highest BCUT2D eigenvalue weighted by atomic mass is 19.1. The Morgan fingerprint density at radius 3 is 2.84 bits per heavy atom. The molecule has 1 amide bonds. The molecule has 98 valence electrons. The average Bonchev–Trinajstić information content (AvgIpc) is 2.42. The molecular weight excluding hydrogens is 245 g/mol. The monoisotopic (exact) mass is 259 g/mol. The van der Waals surface area contributed by atoms with Crippen molar-refractivity contribution in [3.05, 3.63) is 59.7 Å². The van der Waals surface area contributed by atoms with Gasteiger partial charge in [-0.15, -0.1) is 0 Å². The maximum absolute atomic E-state index is 13.3. The zero-order valence-corrected chi connectivity index (χ0v) is 10.5. The molecule has 1 aromatic carbocycles. The summed E-state index contributed by atoms with van der Waals surface area (Å²) in [5.74, 6) is -0.844. The van der Waals surface area contributed by atoms with Crippen LogP contribution in [0.2, 0.25) is 0 Å². The highest BCUT2D eigenvalue weighted by Crippen LogP contribution is 2.14. The van der Waals surface area contributed by atoms with Gasteiger partial charge in [0.25, 0.3) is 5.91 Å². The number of nitrogens with zero attached hydrogens (tertiary/aromatic N) is 2. The largest absolute Gasteiger partial charge is 0.396 e. The molecule has 2 aromatic rings. The highest BCUT2D eigenvalue weighted by molar-refractivity contribution is 5.94. The van der Waals surface area contributed by atoms with E-state index < -0.39 is 5.82 Å². The van der Waals surface area contributed by atoms with E-state index in [1.165, 1.54) is 17.0 Å². The van der Waals surface area contributed by atoms with Gasteiger partial charge < -0.3 is 10.6 Å². The van der Waals surface area contributed by atoms with Crippen LogP contribution in [0.4, 0.5) is 10.1 Å². The molecule has 1 heterocycles. The summed E-state index contributed by atoms with van der Waals surface area (Å²) < 4.78 is 13.3. The van der Waals surface area contributed by atoms with Crippen LogP contribution in [-0.2, 0) is 6.54 Å². The van der Waals surface area contributed by atoms with Crippen molar-refractivity contribution < 1.29 is 9.18 Å². The van der Waals surface area contributed by atoms with Crippen LogP contribution in [0.5, 0.6) is 0 Å². The Hall–Kier alpha value is -2.43. The van der Waals surface area contributed by atoms with Crippen LogP contribution < -0.4 is 5.73 Å². The topological polar surface area (TPSA) is 59.2 Å². The lowest BCUT2D eigenvalue weighted by Crippen LogP contribution is -2.26. The van der Waals surface area contributed by atoms with E-state index in [1.54, 1.807) is 25.5 Å². The Balaban J connectivity index is 2.12. The maximum Gasteiger partial charge on any atom is 0.254 e. The number of carbonyl (C=O) groups excluding carboxylic acids is 1. The van der Waals surface area contributed by atoms with Crippen LogP contribution in [0.25, 0.3) is 0 Å². The molecule has 0 radical (unpaired) electrons. The van der Waals surface area contributed by atoms with Gasteiger partial charge in [-0.2, -0.15) is 0 Å². The van der Waals surface area contributed by atoms with Crippen LogP contribution in [-0.4, -0.2) is 22.8 Å². The third-order valence-corrected chi connectivity index (χ3v) is 2.74. The second-order valence-corrected chi connectivity index (χ2v) is 4.26. The summed E-state index contributed by atoms with van der Waals surface area (Å²) in [7, 11) is 1.66. The van der Waals surface area contributed by atoms with Gasteiger partial charge in [0, 0.05) is 31.5 Å². The number of halogens is 1. The fourth-order valence-electron chi connectivity index (χ4n) is 1.72. The zero-order chi connectivity index (χ0) is 13.8. The lowest BCUT2D eigenvalue weighted by Gasteiger charge is -2.17. The number of hydrogen-bond acceptors (Lipinski definition) is 3. The average molecular weight is 259 g/mol. The molecule has 0 spiro atoms. The number of carbonyl (C=O) groups is 1. The number of anilines is 1. The van der Waals surface area contributed by atoms with E-state index in [0.717, 1.165) is 11.6 Å². The molecule has 0 fully saturated rings. The van der Waals surface area contributed by atoms with E-state index in [4.69, 9.17) is 5.73 Å². The number of benzene rings is 1. The molecule has 19 heavy (non-hydrogen) atoms. The Labute approximate surface area is 110 Å². The number of hydrogen-bond donors (Lipinski definition) is 1. The van der Waals surface area contributed by atoms with Gasteiger partial charge in [-0.3, -0.25) is 9.78 Å². The summed E-state index contributed by atoms with van der Waals surface area (Å²) in [6, 6.07) is 7.73. The van der Waals surface area contributed by atoms with Crippen molar-refractivity contribution in [1.29, 1.82) is 0 Å². The van der Waals surface area contributed by atoms with Gasteiger partial charge >= 0.3 is 0 Å². The number of rotatable bonds is 3. The van der Waals surface area contributed by atoms with Crippen LogP contribution >= 0.6 is 0 Å². The van der Waals surface area contributed by atoms with Gasteiger partial charge in [-0.1, -0.05) is 6.07 Å². The lowest BCUT2D eigenvalue weighted by atomic mass is 10.1. The minimum absolute atomic E-state index is 0.0338. The van der Waals surface area contributed by atoms with E-state index in [-0.39, 0.29) is 17.2 Å². The summed E-state index contributed by atoms with van der Waals surface area (Å²) in [6.45, 7) is 0.415. The molecular formula is C14H14FN3O. The Kier molecular flexibility index (Phi) is 3.75. The van der Waals surface area contributed by atoms with Crippen molar-refractivity contribution in [3.8, 4) is 0 Å². The summed E-state index contributed by atoms with van der Waals surface area (Å²) in [6.07, 6.45) is 3.36. The molecule has 0 atom stereocenters. The van der Waals surface area contributed by atoms with Gasteiger partial charge in [0.05, 0.1) is 5.69 Å². The molecule has 1 aromatic heterocycles. The van der Waals surface area contributed by atoms with Gasteiger partial charge in [0.2, 0.25) is 0 Å². The number of amides is 1. The van der Waals surface area contributed by atoms with Gasteiger partial charge in [0.15, 0.2) is 0 Å². The van der Waals surface area contributed by atoms with Crippen molar-refractivity contribution in [1.82, 2.24) is 9.88 Å². The molecule has 0 aliphatic heterocycles. The first-order valence-corrected chi connectivity index (χ1v) is 5.77. The number of nitrogen functional groups attached to an aromatic ring is 1. The minimum atomic E-state index is -0.583. The van der Waals surface area contributed by atoms with Crippen LogP contribution in [0.15, 0.2) is 42.7 Å². The smallest absolute Gasteiger partial charge is 0.254 e. The van der Waals surface area contributed by atoms with E-state index in [2.05, 4.69) is 4.98 Å². The number of aromatic nitrogens is 1. The Morgan fingerprint density at radius 2 is 2.21 bits per heavy atom. The normalized spacial score (nSPS) is 10.2. The molecule has 2 rings (SSSR count). The molecule has 0 saturated heterocycles. The zero-order valence-electron chi connectivity index (χ0n) is 10.5. The summed E-state index contributed by atoms with van der Waals surface area (Å²) in [5, 5.41) is 0. The Morgan fingerprint density at radius 1 is 1.42 bits per heavy atom. The molecule has 5 heteroatoms. The van der Waals surface area contributed by atoms with Crippen LogP contribution in [0, 0.1) is 5.82 Å². The van der Waals surface area contributed by atoms with E-state index in [1.807, 2.05) is 6.07 Å². The minimum Gasteiger partial charge on any atom is -0.396 e. The molecule has 0 bridgehead atoms.